The molecule has 7 nitrogen and oxygen atoms in total. The molecule has 0 unspecified atom stereocenters. The number of rotatable bonds is 5. The SMILES string of the molecule is COc1ccc(NC(=O)c2c(OC)c(-c3ccccc3)nn2C)c(N)c1. The van der Waals surface area contributed by atoms with Crippen LogP contribution in [0.5, 0.6) is 11.5 Å². The summed E-state index contributed by atoms with van der Waals surface area (Å²) in [4.78, 5) is 12.8. The molecule has 0 aliphatic rings. The van der Waals surface area contributed by atoms with Crippen LogP contribution < -0.4 is 20.5 Å². The molecular weight excluding hydrogens is 332 g/mol. The van der Waals surface area contributed by atoms with Crippen molar-refractivity contribution >= 4 is 17.3 Å². The summed E-state index contributed by atoms with van der Waals surface area (Å²) < 4.78 is 12.1. The van der Waals surface area contributed by atoms with Crippen LogP contribution in [0.2, 0.25) is 0 Å². The molecule has 7 heteroatoms. The van der Waals surface area contributed by atoms with Crippen LogP contribution in [-0.4, -0.2) is 29.9 Å². The molecule has 1 amide bonds. The second-order valence-electron chi connectivity index (χ2n) is 5.63. The summed E-state index contributed by atoms with van der Waals surface area (Å²) in [5.41, 5.74) is 8.64. The predicted octanol–water partition coefficient (Wildman–Crippen LogP) is 2.94. The fourth-order valence-electron chi connectivity index (χ4n) is 2.70. The molecule has 0 saturated carbocycles. The summed E-state index contributed by atoms with van der Waals surface area (Å²) in [7, 11) is 4.77. The number of ether oxygens (including phenoxy) is 2. The molecule has 3 N–H and O–H groups in total. The van der Waals surface area contributed by atoms with E-state index in [1.54, 1.807) is 32.4 Å². The Morgan fingerprint density at radius 2 is 1.85 bits per heavy atom. The smallest absolute Gasteiger partial charge is 0.277 e. The highest BCUT2D eigenvalue weighted by atomic mass is 16.5. The molecule has 3 rings (SSSR count). The summed E-state index contributed by atoms with van der Waals surface area (Å²) in [6.07, 6.45) is 0. The normalized spacial score (nSPS) is 10.4. The molecule has 0 saturated heterocycles. The number of aromatic nitrogens is 2. The van der Waals surface area contributed by atoms with Gasteiger partial charge in [-0.05, 0) is 12.1 Å². The maximum Gasteiger partial charge on any atom is 0.277 e. The van der Waals surface area contributed by atoms with E-state index in [0.717, 1.165) is 5.56 Å². The lowest BCUT2D eigenvalue weighted by atomic mass is 10.1. The fraction of sp³-hybridized carbons (Fsp3) is 0.158. The van der Waals surface area contributed by atoms with E-state index in [4.69, 9.17) is 15.2 Å². The van der Waals surface area contributed by atoms with Gasteiger partial charge < -0.3 is 20.5 Å². The Balaban J connectivity index is 1.96. The maximum absolute atomic E-state index is 12.8. The first-order valence-corrected chi connectivity index (χ1v) is 7.96. The molecule has 26 heavy (non-hydrogen) atoms. The zero-order valence-electron chi connectivity index (χ0n) is 14.8. The first-order chi connectivity index (χ1) is 12.5. The third-order valence-corrected chi connectivity index (χ3v) is 3.98. The minimum atomic E-state index is -0.365. The lowest BCUT2D eigenvalue weighted by molar-refractivity contribution is 0.101. The van der Waals surface area contributed by atoms with Gasteiger partial charge in [0.1, 0.15) is 11.4 Å². The third-order valence-electron chi connectivity index (χ3n) is 3.98. The average Bonchev–Trinajstić information content (AvgIpc) is 3.00. The number of carbonyl (C=O) groups is 1. The Labute approximate surface area is 151 Å². The van der Waals surface area contributed by atoms with Gasteiger partial charge in [0.05, 0.1) is 25.6 Å². The Morgan fingerprint density at radius 3 is 2.46 bits per heavy atom. The van der Waals surface area contributed by atoms with E-state index < -0.39 is 0 Å². The number of nitrogens with one attached hydrogen (secondary N) is 1. The molecule has 0 radical (unpaired) electrons. The van der Waals surface area contributed by atoms with E-state index in [2.05, 4.69) is 10.4 Å². The number of anilines is 2. The molecule has 1 aromatic heterocycles. The maximum atomic E-state index is 12.8. The van der Waals surface area contributed by atoms with Crippen molar-refractivity contribution in [2.75, 3.05) is 25.3 Å². The zero-order valence-corrected chi connectivity index (χ0v) is 14.8. The lowest BCUT2D eigenvalue weighted by Crippen LogP contribution is -2.17. The molecule has 0 fully saturated rings. The highest BCUT2D eigenvalue weighted by Crippen LogP contribution is 2.33. The molecule has 2 aromatic carbocycles. The van der Waals surface area contributed by atoms with E-state index in [1.807, 2.05) is 30.3 Å². The Bertz CT molecular complexity index is 935. The molecule has 1 heterocycles. The number of nitrogen functional groups attached to an aromatic ring is 1. The van der Waals surface area contributed by atoms with Gasteiger partial charge in [0.15, 0.2) is 11.4 Å². The van der Waals surface area contributed by atoms with Crippen molar-refractivity contribution in [3.63, 3.8) is 0 Å². The van der Waals surface area contributed by atoms with Crippen molar-refractivity contribution in [3.8, 4) is 22.8 Å². The molecule has 0 atom stereocenters. The highest BCUT2D eigenvalue weighted by Gasteiger charge is 2.24. The molecule has 0 spiro atoms. The number of hydrogen-bond donors (Lipinski definition) is 2. The van der Waals surface area contributed by atoms with Crippen molar-refractivity contribution in [2.24, 2.45) is 7.05 Å². The molecule has 3 aromatic rings. The molecule has 0 aliphatic carbocycles. The first-order valence-electron chi connectivity index (χ1n) is 7.96. The predicted molar refractivity (Wildman–Crippen MR) is 101 cm³/mol. The number of hydrogen-bond acceptors (Lipinski definition) is 5. The topological polar surface area (TPSA) is 91.4 Å². The molecule has 0 aliphatic heterocycles. The van der Waals surface area contributed by atoms with Crippen LogP contribution in [-0.2, 0) is 7.05 Å². The summed E-state index contributed by atoms with van der Waals surface area (Å²) in [6, 6.07) is 14.6. The quantitative estimate of drug-likeness (QED) is 0.689. The number of carbonyl (C=O) groups excluding carboxylic acids is 1. The average molecular weight is 352 g/mol. The van der Waals surface area contributed by atoms with Crippen molar-refractivity contribution in [1.82, 2.24) is 9.78 Å². The van der Waals surface area contributed by atoms with Crippen molar-refractivity contribution < 1.29 is 14.3 Å². The van der Waals surface area contributed by atoms with Crippen LogP contribution in [0.15, 0.2) is 48.5 Å². The van der Waals surface area contributed by atoms with Gasteiger partial charge >= 0.3 is 0 Å². The highest BCUT2D eigenvalue weighted by molar-refractivity contribution is 6.07. The summed E-state index contributed by atoms with van der Waals surface area (Å²) in [6.45, 7) is 0. The fourth-order valence-corrected chi connectivity index (χ4v) is 2.70. The number of amides is 1. The van der Waals surface area contributed by atoms with Crippen molar-refractivity contribution in [1.29, 1.82) is 0 Å². The van der Waals surface area contributed by atoms with Gasteiger partial charge in [0, 0.05) is 18.7 Å². The van der Waals surface area contributed by atoms with Crippen LogP contribution >= 0.6 is 0 Å². The Hall–Kier alpha value is -3.48. The molecule has 134 valence electrons. The monoisotopic (exact) mass is 352 g/mol. The Morgan fingerprint density at radius 1 is 1.12 bits per heavy atom. The van der Waals surface area contributed by atoms with Crippen molar-refractivity contribution in [3.05, 3.63) is 54.2 Å². The van der Waals surface area contributed by atoms with E-state index in [1.165, 1.54) is 11.8 Å². The van der Waals surface area contributed by atoms with E-state index in [9.17, 15) is 4.79 Å². The number of nitrogens with zero attached hydrogens (tertiary/aromatic N) is 2. The summed E-state index contributed by atoms with van der Waals surface area (Å²) in [5, 5.41) is 7.24. The van der Waals surface area contributed by atoms with Gasteiger partial charge in [0.25, 0.3) is 5.91 Å². The van der Waals surface area contributed by atoms with E-state index in [0.29, 0.717) is 34.3 Å². The lowest BCUT2D eigenvalue weighted by Gasteiger charge is -2.11. The number of aryl methyl sites for hydroxylation is 1. The van der Waals surface area contributed by atoms with Gasteiger partial charge in [-0.3, -0.25) is 9.48 Å². The van der Waals surface area contributed by atoms with E-state index >= 15 is 0 Å². The zero-order chi connectivity index (χ0) is 18.7. The van der Waals surface area contributed by atoms with Crippen LogP contribution in [0.3, 0.4) is 0 Å². The standard InChI is InChI=1S/C19H20N4O3/c1-23-17(18(26-3)16(22-23)12-7-5-4-6-8-12)19(24)21-15-10-9-13(25-2)11-14(15)20/h4-11H,20H2,1-3H3,(H,21,24). The van der Waals surface area contributed by atoms with Crippen LogP contribution in [0.4, 0.5) is 11.4 Å². The van der Waals surface area contributed by atoms with Gasteiger partial charge in [-0.15, -0.1) is 0 Å². The van der Waals surface area contributed by atoms with E-state index in [-0.39, 0.29) is 5.91 Å². The Kier molecular flexibility index (Phi) is 4.79. The van der Waals surface area contributed by atoms with Crippen LogP contribution in [0.1, 0.15) is 10.5 Å². The van der Waals surface area contributed by atoms with Gasteiger partial charge in [-0.2, -0.15) is 5.10 Å². The number of nitrogens with two attached hydrogens (primary N) is 1. The molecule has 0 bridgehead atoms. The molecular formula is C19H20N4O3. The second kappa shape index (κ2) is 7.18. The first kappa shape index (κ1) is 17.3. The largest absolute Gasteiger partial charge is 0.497 e. The van der Waals surface area contributed by atoms with Crippen molar-refractivity contribution in [2.45, 2.75) is 0 Å². The van der Waals surface area contributed by atoms with Crippen LogP contribution in [0, 0.1) is 0 Å². The third kappa shape index (κ3) is 3.19. The van der Waals surface area contributed by atoms with Crippen LogP contribution in [0.25, 0.3) is 11.3 Å². The van der Waals surface area contributed by atoms with Gasteiger partial charge in [0.2, 0.25) is 0 Å². The number of benzene rings is 2. The second-order valence-corrected chi connectivity index (χ2v) is 5.63. The summed E-state index contributed by atoms with van der Waals surface area (Å²) in [5.74, 6) is 0.657. The number of methoxy groups -OCH3 is 2. The van der Waals surface area contributed by atoms with Gasteiger partial charge in [-0.1, -0.05) is 30.3 Å². The van der Waals surface area contributed by atoms with Gasteiger partial charge in [-0.25, -0.2) is 0 Å². The minimum Gasteiger partial charge on any atom is -0.497 e. The minimum absolute atomic E-state index is 0.307. The summed E-state index contributed by atoms with van der Waals surface area (Å²) >= 11 is 0.